The molecule has 0 saturated heterocycles. The molecule has 3 N–H and O–H groups in total. The van der Waals surface area contributed by atoms with Crippen molar-refractivity contribution in [3.63, 3.8) is 0 Å². The molecular weight excluding hydrogens is 590 g/mol. The van der Waals surface area contributed by atoms with Gasteiger partial charge >= 0.3 is 6.18 Å². The predicted molar refractivity (Wildman–Crippen MR) is 146 cm³/mol. The predicted octanol–water partition coefficient (Wildman–Crippen LogP) is 6.87. The van der Waals surface area contributed by atoms with Gasteiger partial charge in [-0.2, -0.15) is 18.3 Å². The van der Waals surface area contributed by atoms with Gasteiger partial charge in [-0.15, -0.1) is 11.3 Å². The van der Waals surface area contributed by atoms with Crippen LogP contribution in [0.2, 0.25) is 10.0 Å². The lowest BCUT2D eigenvalue weighted by Crippen LogP contribution is -2.18. The summed E-state index contributed by atoms with van der Waals surface area (Å²) >= 11 is 12.8. The third-order valence-electron chi connectivity index (χ3n) is 5.64. The number of thiophene rings is 1. The van der Waals surface area contributed by atoms with E-state index in [1.165, 1.54) is 16.9 Å². The second-order valence-electron chi connectivity index (χ2n) is 8.29. The molecule has 0 fully saturated rings. The van der Waals surface area contributed by atoms with Crippen molar-refractivity contribution in [3.05, 3.63) is 93.2 Å². The summed E-state index contributed by atoms with van der Waals surface area (Å²) in [7, 11) is 0. The Morgan fingerprint density at radius 3 is 2.52 bits per heavy atom. The number of nitrogens with one attached hydrogen (secondary N) is 1. The molecule has 2 aromatic carbocycles. The minimum Gasteiger partial charge on any atom is -0.470 e. The minimum atomic E-state index is -4.75. The molecule has 204 valence electrons. The first kappa shape index (κ1) is 27.4. The molecule has 0 bridgehead atoms. The fourth-order valence-corrected chi connectivity index (χ4v) is 5.20. The molecule has 5 aromatic rings. The first-order chi connectivity index (χ1) is 19.0. The SMILES string of the molecule is NC(=O)c1sc2nc(C(F)(F)F)cc(-c3ccccc3)c2c1NC(=O)c1ccn(COc2cccc(Cl)c2Cl)n1. The van der Waals surface area contributed by atoms with Crippen LogP contribution in [0.15, 0.2) is 66.9 Å². The van der Waals surface area contributed by atoms with E-state index < -0.39 is 23.7 Å². The van der Waals surface area contributed by atoms with E-state index in [0.29, 0.717) is 27.7 Å². The smallest absolute Gasteiger partial charge is 0.433 e. The van der Waals surface area contributed by atoms with Crippen LogP contribution in [0.1, 0.15) is 25.9 Å². The molecule has 0 unspecified atom stereocenters. The minimum absolute atomic E-state index is 0.0586. The van der Waals surface area contributed by atoms with Crippen LogP contribution in [0, 0.1) is 0 Å². The van der Waals surface area contributed by atoms with E-state index in [0.717, 1.165) is 6.07 Å². The van der Waals surface area contributed by atoms with Crippen molar-refractivity contribution in [3.8, 4) is 16.9 Å². The number of carbonyl (C=O) groups is 2. The Morgan fingerprint density at radius 2 is 1.82 bits per heavy atom. The van der Waals surface area contributed by atoms with Crippen molar-refractivity contribution in [1.29, 1.82) is 0 Å². The van der Waals surface area contributed by atoms with Crippen LogP contribution in [-0.2, 0) is 12.9 Å². The maximum Gasteiger partial charge on any atom is 0.433 e. The number of rotatable bonds is 7. The average molecular weight is 606 g/mol. The van der Waals surface area contributed by atoms with E-state index in [2.05, 4.69) is 15.4 Å². The molecule has 3 heterocycles. The van der Waals surface area contributed by atoms with Crippen LogP contribution in [0.5, 0.6) is 5.75 Å². The third-order valence-corrected chi connectivity index (χ3v) is 7.54. The quantitative estimate of drug-likeness (QED) is 0.210. The van der Waals surface area contributed by atoms with Crippen LogP contribution in [0.4, 0.5) is 18.9 Å². The number of pyridine rings is 1. The van der Waals surface area contributed by atoms with E-state index in [4.69, 9.17) is 33.7 Å². The molecule has 5 rings (SSSR count). The molecule has 0 aliphatic rings. The van der Waals surface area contributed by atoms with Crippen molar-refractivity contribution in [2.24, 2.45) is 5.73 Å². The molecule has 40 heavy (non-hydrogen) atoms. The van der Waals surface area contributed by atoms with Crippen LogP contribution in [0.3, 0.4) is 0 Å². The van der Waals surface area contributed by atoms with Crippen molar-refractivity contribution in [1.82, 2.24) is 14.8 Å². The fraction of sp³-hybridized carbons (Fsp3) is 0.0769. The van der Waals surface area contributed by atoms with Crippen molar-refractivity contribution >= 4 is 62.3 Å². The zero-order valence-electron chi connectivity index (χ0n) is 20.0. The van der Waals surface area contributed by atoms with Gasteiger partial charge in [0.25, 0.3) is 11.8 Å². The van der Waals surface area contributed by atoms with E-state index in [9.17, 15) is 22.8 Å². The van der Waals surface area contributed by atoms with E-state index in [-0.39, 0.29) is 43.8 Å². The number of benzene rings is 2. The molecule has 2 amide bonds. The Balaban J connectivity index is 1.50. The lowest BCUT2D eigenvalue weighted by Gasteiger charge is -2.12. The van der Waals surface area contributed by atoms with Crippen molar-refractivity contribution in [2.75, 3.05) is 5.32 Å². The summed E-state index contributed by atoms with van der Waals surface area (Å²) in [5.74, 6) is -1.37. The van der Waals surface area contributed by atoms with Gasteiger partial charge in [-0.3, -0.25) is 9.59 Å². The van der Waals surface area contributed by atoms with E-state index in [1.54, 1.807) is 48.5 Å². The fourth-order valence-electron chi connectivity index (χ4n) is 3.85. The first-order valence-electron chi connectivity index (χ1n) is 11.3. The number of ether oxygens (including phenoxy) is 1. The monoisotopic (exact) mass is 605 g/mol. The van der Waals surface area contributed by atoms with Crippen LogP contribution in [-0.4, -0.2) is 26.6 Å². The zero-order valence-corrected chi connectivity index (χ0v) is 22.3. The second kappa shape index (κ2) is 10.8. The molecule has 0 radical (unpaired) electrons. The molecule has 0 spiro atoms. The molecule has 0 atom stereocenters. The summed E-state index contributed by atoms with van der Waals surface area (Å²) < 4.78 is 47.9. The Labute approximate surface area is 238 Å². The van der Waals surface area contributed by atoms with Gasteiger partial charge in [0.2, 0.25) is 0 Å². The van der Waals surface area contributed by atoms with Gasteiger partial charge in [0.15, 0.2) is 12.4 Å². The van der Waals surface area contributed by atoms with Gasteiger partial charge in [-0.25, -0.2) is 9.67 Å². The number of aromatic nitrogens is 3. The van der Waals surface area contributed by atoms with Gasteiger partial charge in [0.1, 0.15) is 26.2 Å². The Kier molecular flexibility index (Phi) is 7.41. The highest BCUT2D eigenvalue weighted by molar-refractivity contribution is 7.21. The average Bonchev–Trinajstić information content (AvgIpc) is 3.54. The van der Waals surface area contributed by atoms with Crippen LogP contribution < -0.4 is 15.8 Å². The highest BCUT2D eigenvalue weighted by Crippen LogP contribution is 2.43. The lowest BCUT2D eigenvalue weighted by atomic mass is 10.0. The molecule has 0 aliphatic heterocycles. The summed E-state index contributed by atoms with van der Waals surface area (Å²) in [6.07, 6.45) is -3.27. The number of amides is 2. The topological polar surface area (TPSA) is 112 Å². The Hall–Kier alpha value is -4.13. The van der Waals surface area contributed by atoms with Crippen LogP contribution in [0.25, 0.3) is 21.3 Å². The number of hydrogen-bond donors (Lipinski definition) is 2. The number of anilines is 1. The maximum absolute atomic E-state index is 13.7. The molecule has 3 aromatic heterocycles. The molecule has 8 nitrogen and oxygen atoms in total. The standard InChI is InChI=1S/C26H16Cl2F3N5O3S/c27-15-7-4-8-17(20(15)28)39-12-36-10-9-16(35-36)24(38)34-21-19-14(13-5-2-1-3-6-13)11-18(26(29,30)31)33-25(19)40-22(21)23(32)37/h1-11H,12H2,(H2,32,37)(H,34,38). The summed E-state index contributed by atoms with van der Waals surface area (Å²) in [6, 6.07) is 15.4. The summed E-state index contributed by atoms with van der Waals surface area (Å²) in [5.41, 5.74) is 4.82. The highest BCUT2D eigenvalue weighted by atomic mass is 35.5. The largest absolute Gasteiger partial charge is 0.470 e. The molecule has 0 saturated carbocycles. The first-order valence-corrected chi connectivity index (χ1v) is 12.9. The number of nitrogens with two attached hydrogens (primary N) is 1. The van der Waals surface area contributed by atoms with Gasteiger partial charge in [-0.1, -0.05) is 59.6 Å². The van der Waals surface area contributed by atoms with E-state index >= 15 is 0 Å². The molecular formula is C26H16Cl2F3N5O3S. The number of primary amides is 1. The van der Waals surface area contributed by atoms with Gasteiger partial charge in [-0.05, 0) is 35.4 Å². The maximum atomic E-state index is 13.7. The number of alkyl halides is 3. The number of nitrogens with zero attached hydrogens (tertiary/aromatic N) is 3. The summed E-state index contributed by atoms with van der Waals surface area (Å²) in [5, 5.41) is 7.43. The molecule has 0 aliphatic carbocycles. The second-order valence-corrected chi connectivity index (χ2v) is 10.1. The number of fused-ring (bicyclic) bond motifs is 1. The van der Waals surface area contributed by atoms with Gasteiger partial charge in [0.05, 0.1) is 10.7 Å². The van der Waals surface area contributed by atoms with Crippen LogP contribution >= 0.6 is 34.5 Å². The lowest BCUT2D eigenvalue weighted by molar-refractivity contribution is -0.140. The van der Waals surface area contributed by atoms with Crippen molar-refractivity contribution < 1.29 is 27.5 Å². The Morgan fingerprint density at radius 1 is 1.07 bits per heavy atom. The summed E-state index contributed by atoms with van der Waals surface area (Å²) in [6.45, 7) is -0.108. The number of halogens is 5. The molecule has 14 heteroatoms. The third kappa shape index (κ3) is 5.46. The normalized spacial score (nSPS) is 11.5. The van der Waals surface area contributed by atoms with E-state index in [1.807, 2.05) is 0 Å². The zero-order chi connectivity index (χ0) is 28.6. The number of hydrogen-bond acceptors (Lipinski definition) is 6. The highest BCUT2D eigenvalue weighted by Gasteiger charge is 2.35. The Bertz CT molecular complexity index is 1760. The van der Waals surface area contributed by atoms with Gasteiger partial charge in [0, 0.05) is 11.6 Å². The van der Waals surface area contributed by atoms with Crippen molar-refractivity contribution in [2.45, 2.75) is 12.9 Å². The van der Waals surface area contributed by atoms with Gasteiger partial charge < -0.3 is 15.8 Å². The summed E-state index contributed by atoms with van der Waals surface area (Å²) in [4.78, 5) is 28.9. The number of carbonyl (C=O) groups excluding carboxylic acids is 2.